The summed E-state index contributed by atoms with van der Waals surface area (Å²) >= 11 is 0. The summed E-state index contributed by atoms with van der Waals surface area (Å²) in [6.07, 6.45) is 5.30. The van der Waals surface area contributed by atoms with Gasteiger partial charge in [-0.05, 0) is 18.8 Å². The topological polar surface area (TPSA) is 42.9 Å². The molecule has 5 nitrogen and oxygen atoms in total. The maximum absolute atomic E-state index is 4.42. The third kappa shape index (κ3) is 4.71. The van der Waals surface area contributed by atoms with Gasteiger partial charge in [-0.15, -0.1) is 24.0 Å². The van der Waals surface area contributed by atoms with Crippen LogP contribution in [0.25, 0.3) is 0 Å². The molecule has 3 atom stereocenters. The molecular weight excluding hydrogens is 389 g/mol. The van der Waals surface area contributed by atoms with E-state index in [2.05, 4.69) is 32.3 Å². The van der Waals surface area contributed by atoms with E-state index in [-0.39, 0.29) is 24.0 Å². The Hall–Kier alpha value is -0.0800. The van der Waals surface area contributed by atoms with Crippen molar-refractivity contribution >= 4 is 29.9 Å². The Kier molecular flexibility index (Phi) is 7.21. The van der Waals surface area contributed by atoms with Gasteiger partial charge in [-0.2, -0.15) is 0 Å². The van der Waals surface area contributed by atoms with Crippen LogP contribution in [-0.4, -0.2) is 74.2 Å². The van der Waals surface area contributed by atoms with Crippen molar-refractivity contribution < 1.29 is 0 Å². The van der Waals surface area contributed by atoms with E-state index in [1.54, 1.807) is 0 Å². The van der Waals surface area contributed by atoms with Crippen LogP contribution in [-0.2, 0) is 0 Å². The van der Waals surface area contributed by atoms with E-state index in [1.807, 2.05) is 7.05 Å². The van der Waals surface area contributed by atoms with Crippen LogP contribution in [0.1, 0.15) is 32.6 Å². The molecule has 0 aromatic rings. The molecule has 3 saturated heterocycles. The lowest BCUT2D eigenvalue weighted by Crippen LogP contribution is -2.64. The molecule has 128 valence electrons. The van der Waals surface area contributed by atoms with Crippen molar-refractivity contribution in [3.05, 3.63) is 0 Å². The number of halogens is 1. The molecule has 0 radical (unpaired) electrons. The maximum atomic E-state index is 4.42. The monoisotopic (exact) mass is 421 g/mol. The number of rotatable bonds is 3. The van der Waals surface area contributed by atoms with Crippen molar-refractivity contribution in [3.8, 4) is 0 Å². The number of fused-ring (bicyclic) bond motifs is 3. The fourth-order valence-electron chi connectivity index (χ4n) is 4.09. The largest absolute Gasteiger partial charge is 0.355 e. The smallest absolute Gasteiger partial charge is 0.191 e. The molecule has 3 unspecified atom stereocenters. The fraction of sp³-hybridized carbons (Fsp3) is 0.938. The second-order valence-electron chi connectivity index (χ2n) is 7.06. The molecular formula is C16H32IN5. The van der Waals surface area contributed by atoms with Crippen LogP contribution in [0.15, 0.2) is 4.99 Å². The van der Waals surface area contributed by atoms with E-state index < -0.39 is 0 Å². The predicted molar refractivity (Wildman–Crippen MR) is 103 cm³/mol. The zero-order chi connectivity index (χ0) is 14.7. The fourth-order valence-corrected chi connectivity index (χ4v) is 4.09. The van der Waals surface area contributed by atoms with Gasteiger partial charge in [-0.1, -0.05) is 19.8 Å². The van der Waals surface area contributed by atoms with Gasteiger partial charge >= 0.3 is 0 Å². The molecule has 4 aliphatic rings. The average molecular weight is 421 g/mol. The minimum absolute atomic E-state index is 0. The molecule has 0 amide bonds. The minimum Gasteiger partial charge on any atom is -0.355 e. The Labute approximate surface area is 152 Å². The first-order valence-corrected chi connectivity index (χ1v) is 8.68. The SMILES string of the molecule is CN=C(NCC1CN2CCN1CC2)NC1CCCC(C)C1.I. The van der Waals surface area contributed by atoms with E-state index in [1.165, 1.54) is 58.4 Å². The summed E-state index contributed by atoms with van der Waals surface area (Å²) < 4.78 is 0. The first-order valence-electron chi connectivity index (χ1n) is 8.68. The van der Waals surface area contributed by atoms with E-state index in [9.17, 15) is 0 Å². The first-order chi connectivity index (χ1) is 10.2. The number of piperazine rings is 3. The van der Waals surface area contributed by atoms with Gasteiger partial charge in [0.05, 0.1) is 0 Å². The highest BCUT2D eigenvalue weighted by Gasteiger charge is 2.31. The summed E-state index contributed by atoms with van der Waals surface area (Å²) in [6.45, 7) is 9.57. The molecule has 1 saturated carbocycles. The lowest BCUT2D eigenvalue weighted by molar-refractivity contribution is 0.0154. The second-order valence-corrected chi connectivity index (χ2v) is 7.06. The van der Waals surface area contributed by atoms with Crippen LogP contribution >= 0.6 is 24.0 Å². The number of nitrogens with zero attached hydrogens (tertiary/aromatic N) is 3. The van der Waals surface area contributed by atoms with E-state index in [0.29, 0.717) is 12.1 Å². The number of aliphatic imine (C=N–C) groups is 1. The third-order valence-electron chi connectivity index (χ3n) is 5.40. The van der Waals surface area contributed by atoms with Crippen molar-refractivity contribution in [2.45, 2.75) is 44.7 Å². The normalized spacial score (nSPS) is 38.3. The van der Waals surface area contributed by atoms with Crippen LogP contribution in [0.4, 0.5) is 0 Å². The quantitative estimate of drug-likeness (QED) is 0.410. The highest BCUT2D eigenvalue weighted by Crippen LogP contribution is 2.23. The molecule has 0 spiro atoms. The van der Waals surface area contributed by atoms with E-state index >= 15 is 0 Å². The predicted octanol–water partition coefficient (Wildman–Crippen LogP) is 1.35. The Morgan fingerprint density at radius 3 is 2.55 bits per heavy atom. The summed E-state index contributed by atoms with van der Waals surface area (Å²) in [6, 6.07) is 1.25. The number of nitrogens with one attached hydrogen (secondary N) is 2. The Balaban J connectivity index is 0.00000176. The van der Waals surface area contributed by atoms with Gasteiger partial charge in [-0.3, -0.25) is 14.8 Å². The molecule has 3 heterocycles. The number of guanidine groups is 1. The molecule has 22 heavy (non-hydrogen) atoms. The Bertz CT molecular complexity index is 368. The van der Waals surface area contributed by atoms with Gasteiger partial charge in [0.15, 0.2) is 5.96 Å². The first kappa shape index (κ1) is 18.3. The van der Waals surface area contributed by atoms with Crippen LogP contribution in [0.5, 0.6) is 0 Å². The standard InChI is InChI=1S/C16H31N5.HI/c1-13-4-3-5-14(10-13)19-16(17-2)18-11-15-12-20-6-8-21(15)9-7-20;/h13-15H,3-12H2,1-2H3,(H2,17,18,19);1H. The molecule has 6 heteroatoms. The Morgan fingerprint density at radius 1 is 1.18 bits per heavy atom. The highest BCUT2D eigenvalue weighted by molar-refractivity contribution is 14.0. The summed E-state index contributed by atoms with van der Waals surface area (Å²) in [5.74, 6) is 1.84. The molecule has 0 aromatic heterocycles. The average Bonchev–Trinajstić information content (AvgIpc) is 2.52. The summed E-state index contributed by atoms with van der Waals surface area (Å²) in [5, 5.41) is 7.18. The molecule has 3 aliphatic heterocycles. The van der Waals surface area contributed by atoms with Gasteiger partial charge in [0.25, 0.3) is 0 Å². The third-order valence-corrected chi connectivity index (χ3v) is 5.40. The molecule has 1 aliphatic carbocycles. The lowest BCUT2D eigenvalue weighted by Gasteiger charge is -2.47. The van der Waals surface area contributed by atoms with E-state index in [0.717, 1.165) is 18.4 Å². The van der Waals surface area contributed by atoms with Gasteiger partial charge in [0.1, 0.15) is 0 Å². The highest BCUT2D eigenvalue weighted by atomic mass is 127. The maximum Gasteiger partial charge on any atom is 0.191 e. The van der Waals surface area contributed by atoms with Crippen LogP contribution in [0.2, 0.25) is 0 Å². The lowest BCUT2D eigenvalue weighted by atomic mass is 9.87. The van der Waals surface area contributed by atoms with Gasteiger partial charge in [-0.25, -0.2) is 0 Å². The second kappa shape index (κ2) is 8.68. The van der Waals surface area contributed by atoms with Crippen molar-refractivity contribution in [1.82, 2.24) is 20.4 Å². The van der Waals surface area contributed by atoms with Gasteiger partial charge < -0.3 is 10.6 Å². The van der Waals surface area contributed by atoms with Crippen molar-refractivity contribution in [1.29, 1.82) is 0 Å². The van der Waals surface area contributed by atoms with Crippen LogP contribution in [0.3, 0.4) is 0 Å². The van der Waals surface area contributed by atoms with Crippen LogP contribution < -0.4 is 10.6 Å². The zero-order valence-electron chi connectivity index (χ0n) is 14.1. The van der Waals surface area contributed by atoms with Gasteiger partial charge in [0.2, 0.25) is 0 Å². The van der Waals surface area contributed by atoms with Crippen molar-refractivity contribution in [2.75, 3.05) is 46.3 Å². The minimum atomic E-state index is 0. The summed E-state index contributed by atoms with van der Waals surface area (Å²) in [4.78, 5) is 9.63. The Morgan fingerprint density at radius 2 is 1.95 bits per heavy atom. The molecule has 4 fully saturated rings. The molecule has 2 N–H and O–H groups in total. The number of hydrogen-bond donors (Lipinski definition) is 2. The molecule has 4 rings (SSSR count). The number of hydrogen-bond acceptors (Lipinski definition) is 3. The van der Waals surface area contributed by atoms with Crippen molar-refractivity contribution in [2.24, 2.45) is 10.9 Å². The van der Waals surface area contributed by atoms with E-state index in [4.69, 9.17) is 0 Å². The van der Waals surface area contributed by atoms with Crippen molar-refractivity contribution in [3.63, 3.8) is 0 Å². The summed E-state index contributed by atoms with van der Waals surface area (Å²) in [5.41, 5.74) is 0. The zero-order valence-corrected chi connectivity index (χ0v) is 16.4. The van der Waals surface area contributed by atoms with Gasteiger partial charge in [0, 0.05) is 58.4 Å². The van der Waals surface area contributed by atoms with Crippen LogP contribution in [0, 0.1) is 5.92 Å². The molecule has 2 bridgehead atoms. The summed E-state index contributed by atoms with van der Waals surface area (Å²) in [7, 11) is 1.89. The molecule has 0 aromatic carbocycles.